The molecule has 3 atom stereocenters. The number of hydrogen-bond acceptors (Lipinski definition) is 3. The zero-order valence-electron chi connectivity index (χ0n) is 13.9. The quantitative estimate of drug-likeness (QED) is 0.846. The van der Waals surface area contributed by atoms with Crippen LogP contribution in [-0.4, -0.2) is 54.0 Å². The van der Waals surface area contributed by atoms with Crippen molar-refractivity contribution >= 4 is 5.91 Å². The number of hydrogen-bond donors (Lipinski definition) is 1. The molecule has 2 aliphatic rings. The summed E-state index contributed by atoms with van der Waals surface area (Å²) in [5, 5.41) is 0. The van der Waals surface area contributed by atoms with E-state index in [2.05, 4.69) is 16.7 Å². The molecule has 21 heavy (non-hydrogen) atoms. The molecule has 2 aliphatic heterocycles. The Hall–Kier alpha value is -0.610. The lowest BCUT2D eigenvalue weighted by Gasteiger charge is -2.39. The number of likely N-dealkylation sites (tertiary alicyclic amines) is 2. The van der Waals surface area contributed by atoms with Gasteiger partial charge in [-0.1, -0.05) is 6.42 Å². The summed E-state index contributed by atoms with van der Waals surface area (Å²) in [6.07, 6.45) is 7.92. The van der Waals surface area contributed by atoms with Gasteiger partial charge in [-0.05, 0) is 58.4 Å². The molecule has 2 saturated heterocycles. The molecule has 2 rings (SSSR count). The molecule has 2 heterocycles. The molecule has 2 fully saturated rings. The number of carbonyl (C=O) groups excluding carboxylic acids is 1. The molecule has 3 unspecified atom stereocenters. The first-order valence-electron chi connectivity index (χ1n) is 8.83. The molecule has 0 bridgehead atoms. The molecule has 2 N–H and O–H groups in total. The second-order valence-electron chi connectivity index (χ2n) is 7.20. The van der Waals surface area contributed by atoms with Crippen molar-refractivity contribution in [2.45, 2.75) is 70.9 Å². The van der Waals surface area contributed by atoms with Crippen LogP contribution in [0.1, 0.15) is 58.8 Å². The summed E-state index contributed by atoms with van der Waals surface area (Å²) >= 11 is 0. The maximum absolute atomic E-state index is 12.3. The number of nitrogens with two attached hydrogens (primary N) is 1. The Labute approximate surface area is 130 Å². The van der Waals surface area contributed by atoms with Gasteiger partial charge >= 0.3 is 0 Å². The van der Waals surface area contributed by atoms with E-state index in [-0.39, 0.29) is 6.04 Å². The lowest BCUT2D eigenvalue weighted by atomic mass is 9.94. The van der Waals surface area contributed by atoms with Crippen LogP contribution in [-0.2, 0) is 4.79 Å². The fourth-order valence-electron chi connectivity index (χ4n) is 3.71. The van der Waals surface area contributed by atoms with Crippen molar-refractivity contribution < 1.29 is 4.79 Å². The van der Waals surface area contributed by atoms with E-state index in [1.54, 1.807) is 0 Å². The summed E-state index contributed by atoms with van der Waals surface area (Å²) < 4.78 is 0. The van der Waals surface area contributed by atoms with Crippen LogP contribution in [0.15, 0.2) is 0 Å². The van der Waals surface area contributed by atoms with E-state index in [1.807, 2.05) is 6.92 Å². The van der Waals surface area contributed by atoms with Gasteiger partial charge in [0.25, 0.3) is 0 Å². The molecule has 0 aromatic rings. The Morgan fingerprint density at radius 1 is 1.24 bits per heavy atom. The topological polar surface area (TPSA) is 49.6 Å². The van der Waals surface area contributed by atoms with E-state index >= 15 is 0 Å². The highest BCUT2D eigenvalue weighted by molar-refractivity contribution is 5.76. The van der Waals surface area contributed by atoms with Crippen LogP contribution >= 0.6 is 0 Å². The van der Waals surface area contributed by atoms with E-state index in [1.165, 1.54) is 38.8 Å². The molecule has 122 valence electrons. The first-order chi connectivity index (χ1) is 10.1. The van der Waals surface area contributed by atoms with E-state index < -0.39 is 0 Å². The predicted octanol–water partition coefficient (Wildman–Crippen LogP) is 2.23. The average Bonchev–Trinajstić information content (AvgIpc) is 2.47. The third-order valence-electron chi connectivity index (χ3n) is 5.12. The van der Waals surface area contributed by atoms with Crippen LogP contribution in [0.25, 0.3) is 0 Å². The normalized spacial score (nSPS) is 29.4. The highest BCUT2D eigenvalue weighted by Gasteiger charge is 2.27. The Bertz CT molecular complexity index is 332. The van der Waals surface area contributed by atoms with Crippen LogP contribution < -0.4 is 5.73 Å². The Balaban J connectivity index is 1.78. The maximum Gasteiger partial charge on any atom is 0.222 e. The third-order valence-corrected chi connectivity index (χ3v) is 5.12. The number of carbonyl (C=O) groups is 1. The molecule has 0 aliphatic carbocycles. The van der Waals surface area contributed by atoms with Crippen LogP contribution in [0.3, 0.4) is 0 Å². The van der Waals surface area contributed by atoms with E-state index in [9.17, 15) is 4.79 Å². The molecule has 4 heteroatoms. The van der Waals surface area contributed by atoms with Gasteiger partial charge in [0.2, 0.25) is 5.91 Å². The minimum Gasteiger partial charge on any atom is -0.342 e. The summed E-state index contributed by atoms with van der Waals surface area (Å²) in [5.41, 5.74) is 5.76. The second-order valence-corrected chi connectivity index (χ2v) is 7.20. The molecule has 0 saturated carbocycles. The minimum absolute atomic E-state index is 0.128. The van der Waals surface area contributed by atoms with E-state index in [0.29, 0.717) is 18.2 Å². The first-order valence-corrected chi connectivity index (χ1v) is 8.83. The van der Waals surface area contributed by atoms with Gasteiger partial charge in [-0.15, -0.1) is 0 Å². The predicted molar refractivity (Wildman–Crippen MR) is 87.1 cm³/mol. The van der Waals surface area contributed by atoms with Crippen molar-refractivity contribution in [3.05, 3.63) is 0 Å². The molecular formula is C17H33N3O. The van der Waals surface area contributed by atoms with Crippen molar-refractivity contribution in [2.75, 3.05) is 26.2 Å². The van der Waals surface area contributed by atoms with Crippen molar-refractivity contribution in [2.24, 2.45) is 11.7 Å². The van der Waals surface area contributed by atoms with Gasteiger partial charge < -0.3 is 15.5 Å². The summed E-state index contributed by atoms with van der Waals surface area (Å²) in [4.78, 5) is 17.0. The first kappa shape index (κ1) is 16.8. The average molecular weight is 295 g/mol. The fourth-order valence-corrected chi connectivity index (χ4v) is 3.71. The van der Waals surface area contributed by atoms with Gasteiger partial charge in [0.05, 0.1) is 0 Å². The molecular weight excluding hydrogens is 262 g/mol. The highest BCUT2D eigenvalue weighted by Crippen LogP contribution is 2.23. The molecule has 4 nitrogen and oxygen atoms in total. The Kier molecular flexibility index (Phi) is 6.49. The number of rotatable bonds is 5. The minimum atomic E-state index is 0.128. The fraction of sp³-hybridized carbons (Fsp3) is 0.941. The van der Waals surface area contributed by atoms with Gasteiger partial charge in [-0.2, -0.15) is 0 Å². The molecule has 0 aromatic carbocycles. The SMILES string of the molecule is CC(N)CCC(=O)N1CCCC(CN2CCCCC2C)C1. The van der Waals surface area contributed by atoms with Crippen LogP contribution in [0, 0.1) is 5.92 Å². The number of amides is 1. The van der Waals surface area contributed by atoms with Crippen LogP contribution in [0.5, 0.6) is 0 Å². The standard InChI is InChI=1S/C17H33N3O/c1-14(18)8-9-17(21)20-11-5-7-16(13-20)12-19-10-4-3-6-15(19)2/h14-16H,3-13,18H2,1-2H3. The van der Waals surface area contributed by atoms with Crippen molar-refractivity contribution in [1.82, 2.24) is 9.80 Å². The third kappa shape index (κ3) is 5.26. The van der Waals surface area contributed by atoms with Gasteiger partial charge in [-0.25, -0.2) is 0 Å². The highest BCUT2D eigenvalue weighted by atomic mass is 16.2. The summed E-state index contributed by atoms with van der Waals surface area (Å²) in [5.74, 6) is 0.974. The second kappa shape index (κ2) is 8.14. The van der Waals surface area contributed by atoms with Gasteiger partial charge in [0.1, 0.15) is 0 Å². The molecule has 0 radical (unpaired) electrons. The Morgan fingerprint density at radius 3 is 2.76 bits per heavy atom. The van der Waals surface area contributed by atoms with Gasteiger partial charge in [0, 0.05) is 38.1 Å². The summed E-state index contributed by atoms with van der Waals surface area (Å²) in [6, 6.07) is 0.853. The van der Waals surface area contributed by atoms with Gasteiger partial charge in [0.15, 0.2) is 0 Å². The van der Waals surface area contributed by atoms with E-state index in [0.717, 1.165) is 32.0 Å². The zero-order chi connectivity index (χ0) is 15.2. The number of piperidine rings is 2. The molecule has 0 aromatic heterocycles. The largest absolute Gasteiger partial charge is 0.342 e. The lowest BCUT2D eigenvalue weighted by molar-refractivity contribution is -0.133. The zero-order valence-corrected chi connectivity index (χ0v) is 13.9. The maximum atomic E-state index is 12.3. The van der Waals surface area contributed by atoms with E-state index in [4.69, 9.17) is 5.73 Å². The smallest absolute Gasteiger partial charge is 0.222 e. The van der Waals surface area contributed by atoms with Crippen LogP contribution in [0.2, 0.25) is 0 Å². The van der Waals surface area contributed by atoms with Crippen molar-refractivity contribution in [3.63, 3.8) is 0 Å². The molecule has 1 amide bonds. The number of nitrogens with zero attached hydrogens (tertiary/aromatic N) is 2. The monoisotopic (exact) mass is 295 g/mol. The van der Waals surface area contributed by atoms with Gasteiger partial charge in [-0.3, -0.25) is 4.79 Å². The van der Waals surface area contributed by atoms with Crippen LogP contribution in [0.4, 0.5) is 0 Å². The summed E-state index contributed by atoms with van der Waals surface area (Å²) in [6.45, 7) is 8.66. The molecule has 0 spiro atoms. The summed E-state index contributed by atoms with van der Waals surface area (Å²) in [7, 11) is 0. The van der Waals surface area contributed by atoms with Crippen molar-refractivity contribution in [1.29, 1.82) is 0 Å². The van der Waals surface area contributed by atoms with Crippen molar-refractivity contribution in [3.8, 4) is 0 Å². The lowest BCUT2D eigenvalue weighted by Crippen LogP contribution is -2.46. The Morgan fingerprint density at radius 2 is 2.05 bits per heavy atom.